The van der Waals surface area contributed by atoms with E-state index in [0.29, 0.717) is 0 Å². The van der Waals surface area contributed by atoms with Crippen LogP contribution in [0.25, 0.3) is 0 Å². The first-order chi connectivity index (χ1) is 8.97. The highest BCUT2D eigenvalue weighted by Crippen LogP contribution is 2.20. The van der Waals surface area contributed by atoms with Gasteiger partial charge in [0.1, 0.15) is 23.0 Å². The molecule has 0 aliphatic carbocycles. The van der Waals surface area contributed by atoms with Crippen molar-refractivity contribution in [2.75, 3.05) is 5.32 Å². The molecule has 0 spiro atoms. The largest absolute Gasteiger partial charge is 0.306 e. The molecule has 8 heteroatoms. The van der Waals surface area contributed by atoms with E-state index in [-0.39, 0.29) is 15.6 Å². The van der Waals surface area contributed by atoms with Gasteiger partial charge in [-0.05, 0) is 29.8 Å². The highest BCUT2D eigenvalue weighted by molar-refractivity contribution is 9.10. The van der Waals surface area contributed by atoms with Crippen molar-refractivity contribution in [3.05, 3.63) is 51.4 Å². The number of carbonyl (C=O) groups is 1. The van der Waals surface area contributed by atoms with Crippen LogP contribution in [0.1, 0.15) is 10.4 Å². The molecule has 1 aromatic carbocycles. The van der Waals surface area contributed by atoms with Crippen molar-refractivity contribution in [2.24, 2.45) is 0 Å². The van der Waals surface area contributed by atoms with Crippen LogP contribution in [0.3, 0.4) is 0 Å². The summed E-state index contributed by atoms with van der Waals surface area (Å²) >= 11 is 8.45. The smallest absolute Gasteiger partial charge is 0.262 e. The van der Waals surface area contributed by atoms with Crippen LogP contribution in [-0.4, -0.2) is 15.9 Å². The van der Waals surface area contributed by atoms with Gasteiger partial charge in [-0.3, -0.25) is 4.79 Å². The van der Waals surface area contributed by atoms with Crippen LogP contribution in [0, 0.1) is 11.6 Å². The fourth-order valence-electron chi connectivity index (χ4n) is 1.34. The van der Waals surface area contributed by atoms with E-state index in [1.807, 2.05) is 0 Å². The quantitative estimate of drug-likeness (QED) is 0.846. The average Bonchev–Trinajstić information content (AvgIpc) is 2.27. The lowest BCUT2D eigenvalue weighted by molar-refractivity contribution is 0.101. The first-order valence-corrected chi connectivity index (χ1v) is 6.09. The molecular formula is C11H5BrClF2N3O. The minimum absolute atomic E-state index is 0.0479. The van der Waals surface area contributed by atoms with Crippen LogP contribution >= 0.6 is 27.5 Å². The van der Waals surface area contributed by atoms with E-state index >= 15 is 0 Å². The molecule has 0 fully saturated rings. The number of halogens is 4. The summed E-state index contributed by atoms with van der Waals surface area (Å²) in [5, 5.41) is 2.14. The van der Waals surface area contributed by atoms with Gasteiger partial charge in [-0.15, -0.1) is 0 Å². The van der Waals surface area contributed by atoms with Gasteiger partial charge in [0.25, 0.3) is 5.91 Å². The molecule has 4 nitrogen and oxygen atoms in total. The highest BCUT2D eigenvalue weighted by atomic mass is 79.9. The van der Waals surface area contributed by atoms with E-state index in [4.69, 9.17) is 11.6 Å². The molecule has 0 bridgehead atoms. The van der Waals surface area contributed by atoms with Gasteiger partial charge in [0.15, 0.2) is 0 Å². The minimum Gasteiger partial charge on any atom is -0.306 e. The van der Waals surface area contributed by atoms with Crippen LogP contribution < -0.4 is 5.32 Å². The van der Waals surface area contributed by atoms with Crippen molar-refractivity contribution in [1.82, 2.24) is 9.97 Å². The maximum atomic E-state index is 13.6. The number of nitrogens with one attached hydrogen (secondary N) is 1. The predicted molar refractivity (Wildman–Crippen MR) is 69.1 cm³/mol. The van der Waals surface area contributed by atoms with Crippen LogP contribution in [0.15, 0.2) is 28.9 Å². The lowest BCUT2D eigenvalue weighted by Gasteiger charge is -2.06. The third-order valence-electron chi connectivity index (χ3n) is 2.10. The van der Waals surface area contributed by atoms with Gasteiger partial charge >= 0.3 is 0 Å². The summed E-state index contributed by atoms with van der Waals surface area (Å²) in [6, 6.07) is 3.33. The SMILES string of the molecule is O=C(Nc1ccnc(Cl)n1)c1c(F)cc(Br)cc1F. The normalized spacial score (nSPS) is 10.3. The average molecular weight is 349 g/mol. The van der Waals surface area contributed by atoms with E-state index in [0.717, 1.165) is 12.1 Å². The zero-order valence-electron chi connectivity index (χ0n) is 9.12. The number of benzene rings is 1. The van der Waals surface area contributed by atoms with Crippen LogP contribution in [0.2, 0.25) is 5.28 Å². The second kappa shape index (κ2) is 5.58. The molecule has 1 aromatic heterocycles. The number of rotatable bonds is 2. The second-order valence-corrected chi connectivity index (χ2v) is 4.66. The molecule has 1 heterocycles. The Labute approximate surface area is 120 Å². The van der Waals surface area contributed by atoms with Gasteiger partial charge in [-0.1, -0.05) is 15.9 Å². The molecular weight excluding hydrogens is 343 g/mol. The van der Waals surface area contributed by atoms with Crippen molar-refractivity contribution in [1.29, 1.82) is 0 Å². The molecule has 0 atom stereocenters. The van der Waals surface area contributed by atoms with Crippen molar-refractivity contribution >= 4 is 39.3 Å². The Morgan fingerprint density at radius 1 is 1.32 bits per heavy atom. The summed E-state index contributed by atoms with van der Waals surface area (Å²) in [7, 11) is 0. The monoisotopic (exact) mass is 347 g/mol. The summed E-state index contributed by atoms with van der Waals surface area (Å²) in [6.45, 7) is 0. The summed E-state index contributed by atoms with van der Waals surface area (Å²) in [5.41, 5.74) is -0.696. The standard InChI is InChI=1S/C11H5BrClF2N3O/c12-5-3-6(14)9(7(15)4-5)10(19)17-8-1-2-16-11(13)18-8/h1-4H,(H,16,17,18,19). The number of nitrogens with zero attached hydrogens (tertiary/aromatic N) is 2. The highest BCUT2D eigenvalue weighted by Gasteiger charge is 2.19. The molecule has 19 heavy (non-hydrogen) atoms. The van der Waals surface area contributed by atoms with Gasteiger partial charge in [0.2, 0.25) is 5.28 Å². The number of aromatic nitrogens is 2. The van der Waals surface area contributed by atoms with Gasteiger partial charge in [0, 0.05) is 10.7 Å². The lowest BCUT2D eigenvalue weighted by Crippen LogP contribution is -2.16. The summed E-state index contributed by atoms with van der Waals surface area (Å²) in [6.07, 6.45) is 1.30. The van der Waals surface area contributed by atoms with Crippen LogP contribution in [0.5, 0.6) is 0 Å². The Hall–Kier alpha value is -1.60. The Kier molecular flexibility index (Phi) is 4.06. The molecule has 0 aliphatic heterocycles. The summed E-state index contributed by atoms with van der Waals surface area (Å²) < 4.78 is 27.3. The fourth-order valence-corrected chi connectivity index (χ4v) is 1.89. The van der Waals surface area contributed by atoms with Crippen LogP contribution in [0.4, 0.5) is 14.6 Å². The molecule has 1 N–H and O–H groups in total. The first kappa shape index (κ1) is 13.8. The Morgan fingerprint density at radius 3 is 2.53 bits per heavy atom. The van der Waals surface area contributed by atoms with Gasteiger partial charge in [-0.25, -0.2) is 18.7 Å². The molecule has 0 saturated carbocycles. The van der Waals surface area contributed by atoms with Crippen molar-refractivity contribution in [3.8, 4) is 0 Å². The van der Waals surface area contributed by atoms with E-state index in [2.05, 4.69) is 31.2 Å². The molecule has 0 saturated heterocycles. The van der Waals surface area contributed by atoms with Gasteiger partial charge < -0.3 is 5.32 Å². The molecule has 0 radical (unpaired) electrons. The van der Waals surface area contributed by atoms with E-state index in [1.165, 1.54) is 12.3 Å². The number of carbonyl (C=O) groups excluding carboxylic acids is 1. The molecule has 2 rings (SSSR count). The predicted octanol–water partition coefficient (Wildman–Crippen LogP) is 3.42. The zero-order valence-corrected chi connectivity index (χ0v) is 11.5. The molecule has 1 amide bonds. The maximum Gasteiger partial charge on any atom is 0.262 e. The Morgan fingerprint density at radius 2 is 1.95 bits per heavy atom. The zero-order chi connectivity index (χ0) is 14.0. The molecule has 0 unspecified atom stereocenters. The van der Waals surface area contributed by atoms with Crippen molar-refractivity contribution in [2.45, 2.75) is 0 Å². The van der Waals surface area contributed by atoms with Gasteiger partial charge in [-0.2, -0.15) is 0 Å². The molecule has 98 valence electrons. The van der Waals surface area contributed by atoms with E-state index < -0.39 is 23.1 Å². The first-order valence-electron chi connectivity index (χ1n) is 4.92. The topological polar surface area (TPSA) is 54.9 Å². The maximum absolute atomic E-state index is 13.6. The third-order valence-corrected chi connectivity index (χ3v) is 2.74. The molecule has 0 aliphatic rings. The number of anilines is 1. The number of hydrogen-bond donors (Lipinski definition) is 1. The van der Waals surface area contributed by atoms with Crippen molar-refractivity contribution in [3.63, 3.8) is 0 Å². The number of hydrogen-bond acceptors (Lipinski definition) is 3. The Balaban J connectivity index is 2.31. The van der Waals surface area contributed by atoms with Gasteiger partial charge in [0.05, 0.1) is 0 Å². The minimum atomic E-state index is -0.982. The summed E-state index contributed by atoms with van der Waals surface area (Å²) in [4.78, 5) is 19.1. The lowest BCUT2D eigenvalue weighted by atomic mass is 10.2. The van der Waals surface area contributed by atoms with E-state index in [9.17, 15) is 13.6 Å². The van der Waals surface area contributed by atoms with E-state index in [1.54, 1.807) is 0 Å². The van der Waals surface area contributed by atoms with Crippen molar-refractivity contribution < 1.29 is 13.6 Å². The molecule has 2 aromatic rings. The summed E-state index contributed by atoms with van der Waals surface area (Å²) in [5.74, 6) is -2.88. The number of amides is 1. The fraction of sp³-hybridized carbons (Fsp3) is 0. The van der Waals surface area contributed by atoms with Crippen LogP contribution in [-0.2, 0) is 0 Å². The Bertz CT molecular complexity index is 631. The third kappa shape index (κ3) is 3.24. The second-order valence-electron chi connectivity index (χ2n) is 3.41.